The van der Waals surface area contributed by atoms with Crippen LogP contribution in [-0.2, 0) is 22.0 Å². The van der Waals surface area contributed by atoms with Crippen LogP contribution in [0.3, 0.4) is 0 Å². The molecule has 4 rings (SSSR count). The Bertz CT molecular complexity index is 1500. The summed E-state index contributed by atoms with van der Waals surface area (Å²) in [4.78, 5) is 27.8. The first-order valence-corrected chi connectivity index (χ1v) is 20.6. The molecular formula is C34H44N2O4S3Si. The lowest BCUT2D eigenvalue weighted by Gasteiger charge is -2.41. The molecule has 1 amide bonds. The smallest absolute Gasteiger partial charge is 0.348 e. The van der Waals surface area contributed by atoms with E-state index >= 15 is 0 Å². The SMILES string of the molecule is COC(=O)c1ccc(CCN2C(=O)SCCN2CCC(Cc2cccc(C#Cc3csc(C)c3)c2)O[Si](C)(C)C(C)(C)C)s1. The van der Waals surface area contributed by atoms with Crippen molar-refractivity contribution in [2.45, 2.75) is 71.2 Å². The zero-order valence-corrected chi connectivity index (χ0v) is 30.3. The van der Waals surface area contributed by atoms with Gasteiger partial charge in [-0.1, -0.05) is 56.5 Å². The molecule has 44 heavy (non-hydrogen) atoms. The highest BCUT2D eigenvalue weighted by atomic mass is 32.2. The normalized spacial score (nSPS) is 15.2. The van der Waals surface area contributed by atoms with Gasteiger partial charge >= 0.3 is 5.97 Å². The Morgan fingerprint density at radius 3 is 2.57 bits per heavy atom. The maximum absolute atomic E-state index is 13.0. The average Bonchev–Trinajstić information content (AvgIpc) is 3.62. The van der Waals surface area contributed by atoms with Gasteiger partial charge in [-0.15, -0.1) is 22.7 Å². The first-order chi connectivity index (χ1) is 20.8. The van der Waals surface area contributed by atoms with Crippen molar-refractivity contribution in [3.63, 3.8) is 0 Å². The molecule has 1 saturated heterocycles. The molecule has 10 heteroatoms. The third-order valence-corrected chi connectivity index (χ3v) is 15.6. The van der Waals surface area contributed by atoms with Crippen LogP contribution in [0.5, 0.6) is 0 Å². The number of rotatable bonds is 11. The molecule has 0 bridgehead atoms. The second-order valence-corrected chi connectivity index (χ2v) is 20.7. The van der Waals surface area contributed by atoms with E-state index in [-0.39, 0.29) is 22.4 Å². The van der Waals surface area contributed by atoms with E-state index in [0.29, 0.717) is 17.8 Å². The molecule has 1 aliphatic rings. The number of carbonyl (C=O) groups is 2. The van der Waals surface area contributed by atoms with Gasteiger partial charge in [-0.2, -0.15) is 0 Å². The molecule has 0 aliphatic carbocycles. The minimum absolute atomic E-state index is 0.0186. The van der Waals surface area contributed by atoms with Crippen molar-refractivity contribution in [3.8, 4) is 11.8 Å². The molecule has 0 saturated carbocycles. The van der Waals surface area contributed by atoms with Gasteiger partial charge in [-0.05, 0) is 73.8 Å². The number of benzene rings is 1. The summed E-state index contributed by atoms with van der Waals surface area (Å²) in [6.07, 6.45) is 2.32. The Morgan fingerprint density at radius 2 is 1.86 bits per heavy atom. The highest BCUT2D eigenvalue weighted by Crippen LogP contribution is 2.38. The minimum atomic E-state index is -2.05. The van der Waals surface area contributed by atoms with Crippen LogP contribution in [0.2, 0.25) is 18.1 Å². The Hall–Kier alpha value is -2.39. The topological polar surface area (TPSA) is 59.1 Å². The van der Waals surface area contributed by atoms with E-state index in [1.165, 1.54) is 40.6 Å². The second kappa shape index (κ2) is 15.3. The largest absolute Gasteiger partial charge is 0.465 e. The lowest BCUT2D eigenvalue weighted by atomic mass is 10.0. The van der Waals surface area contributed by atoms with E-state index in [2.05, 4.69) is 93.4 Å². The van der Waals surface area contributed by atoms with Gasteiger partial charge in [0.1, 0.15) is 4.88 Å². The molecule has 0 spiro atoms. The Kier molecular flexibility index (Phi) is 12.0. The number of methoxy groups -OCH3 is 1. The summed E-state index contributed by atoms with van der Waals surface area (Å²) in [6.45, 7) is 15.7. The number of ether oxygens (including phenoxy) is 1. The number of esters is 1. The molecule has 3 heterocycles. The van der Waals surface area contributed by atoms with Crippen molar-refractivity contribution in [1.29, 1.82) is 0 Å². The first kappa shape index (κ1) is 34.5. The van der Waals surface area contributed by atoms with Gasteiger partial charge in [-0.3, -0.25) is 9.80 Å². The predicted molar refractivity (Wildman–Crippen MR) is 187 cm³/mol. The second-order valence-electron chi connectivity index (χ2n) is 12.6. The van der Waals surface area contributed by atoms with Crippen LogP contribution in [0.15, 0.2) is 47.8 Å². The Labute approximate surface area is 276 Å². The van der Waals surface area contributed by atoms with E-state index in [1.807, 2.05) is 11.1 Å². The van der Waals surface area contributed by atoms with Crippen molar-refractivity contribution in [1.82, 2.24) is 10.0 Å². The van der Waals surface area contributed by atoms with E-state index < -0.39 is 8.32 Å². The molecule has 6 nitrogen and oxygen atoms in total. The number of hydrogen-bond donors (Lipinski definition) is 0. The number of nitrogens with zero attached hydrogens (tertiary/aromatic N) is 2. The number of carbonyl (C=O) groups excluding carboxylic acids is 2. The lowest BCUT2D eigenvalue weighted by Crippen LogP contribution is -2.51. The summed E-state index contributed by atoms with van der Waals surface area (Å²) < 4.78 is 11.9. The molecule has 1 unspecified atom stereocenters. The van der Waals surface area contributed by atoms with E-state index in [0.717, 1.165) is 47.7 Å². The van der Waals surface area contributed by atoms with Gasteiger partial charge in [-0.25, -0.2) is 9.80 Å². The van der Waals surface area contributed by atoms with Crippen LogP contribution in [0.1, 0.15) is 63.3 Å². The fourth-order valence-corrected chi connectivity index (χ4v) is 8.50. The van der Waals surface area contributed by atoms with Crippen LogP contribution in [0, 0.1) is 18.8 Å². The van der Waals surface area contributed by atoms with Crippen molar-refractivity contribution in [3.05, 3.63) is 79.2 Å². The molecule has 236 valence electrons. The van der Waals surface area contributed by atoms with Crippen molar-refractivity contribution in [2.24, 2.45) is 0 Å². The summed E-state index contributed by atoms with van der Waals surface area (Å²) >= 11 is 4.52. The Morgan fingerprint density at radius 1 is 1.09 bits per heavy atom. The van der Waals surface area contributed by atoms with Crippen molar-refractivity contribution < 1.29 is 18.8 Å². The minimum Gasteiger partial charge on any atom is -0.465 e. The number of hydrogen-bond acceptors (Lipinski definition) is 8. The fourth-order valence-electron chi connectivity index (χ4n) is 4.73. The van der Waals surface area contributed by atoms with Gasteiger partial charge in [0.15, 0.2) is 8.32 Å². The summed E-state index contributed by atoms with van der Waals surface area (Å²) in [5, 5.41) is 6.35. The van der Waals surface area contributed by atoms with Crippen LogP contribution in [-0.4, -0.2) is 68.1 Å². The summed E-state index contributed by atoms with van der Waals surface area (Å²) in [6, 6.07) is 14.4. The fraction of sp³-hybridized carbons (Fsp3) is 0.471. The van der Waals surface area contributed by atoms with E-state index in [9.17, 15) is 9.59 Å². The molecule has 1 aromatic carbocycles. The number of amides is 1. The van der Waals surface area contributed by atoms with Gasteiger partial charge < -0.3 is 9.16 Å². The highest BCUT2D eigenvalue weighted by Gasteiger charge is 2.39. The monoisotopic (exact) mass is 668 g/mol. The summed E-state index contributed by atoms with van der Waals surface area (Å²) in [5.74, 6) is 7.09. The predicted octanol–water partition coefficient (Wildman–Crippen LogP) is 8.26. The number of thioether (sulfide) groups is 1. The standard InChI is InChI=1S/C34H44N2O4S3Si/c1-25-21-28(24-42-25)12-11-26-9-8-10-27(22-26)23-29(40-44(6,7)34(2,3)4)15-17-35-19-20-41-33(38)36(35)18-16-30-13-14-31(43-30)32(37)39-5/h8-10,13-14,21-22,24,29H,15-20,23H2,1-7H3. The molecule has 3 aromatic rings. The quantitative estimate of drug-likeness (QED) is 0.117. The summed E-state index contributed by atoms with van der Waals surface area (Å²) in [5.41, 5.74) is 3.27. The average molecular weight is 669 g/mol. The summed E-state index contributed by atoms with van der Waals surface area (Å²) in [7, 11) is -0.653. The Balaban J connectivity index is 1.46. The highest BCUT2D eigenvalue weighted by molar-refractivity contribution is 8.13. The molecule has 1 atom stereocenters. The zero-order chi connectivity index (χ0) is 31.9. The lowest BCUT2D eigenvalue weighted by molar-refractivity contribution is 0.0161. The number of thiophene rings is 2. The zero-order valence-electron chi connectivity index (χ0n) is 26.9. The van der Waals surface area contributed by atoms with Crippen LogP contribution in [0.25, 0.3) is 0 Å². The van der Waals surface area contributed by atoms with Crippen molar-refractivity contribution in [2.75, 3.05) is 32.5 Å². The van der Waals surface area contributed by atoms with Gasteiger partial charge in [0.2, 0.25) is 0 Å². The third kappa shape index (κ3) is 9.55. The third-order valence-electron chi connectivity index (χ3n) is 8.19. The number of aryl methyl sites for hydroxylation is 1. The number of hydrazine groups is 1. The molecule has 1 aliphatic heterocycles. The molecule has 0 N–H and O–H groups in total. The maximum atomic E-state index is 13.0. The molecular weight excluding hydrogens is 625 g/mol. The molecule has 0 radical (unpaired) electrons. The van der Waals surface area contributed by atoms with Gasteiger partial charge in [0, 0.05) is 58.1 Å². The van der Waals surface area contributed by atoms with Crippen LogP contribution in [0.4, 0.5) is 4.79 Å². The maximum Gasteiger partial charge on any atom is 0.348 e. The van der Waals surface area contributed by atoms with Gasteiger partial charge in [0.25, 0.3) is 5.24 Å². The van der Waals surface area contributed by atoms with Crippen LogP contribution >= 0.6 is 34.4 Å². The van der Waals surface area contributed by atoms with Crippen LogP contribution < -0.4 is 0 Å². The van der Waals surface area contributed by atoms with E-state index in [4.69, 9.17) is 9.16 Å². The van der Waals surface area contributed by atoms with E-state index in [1.54, 1.807) is 17.4 Å². The molecule has 2 aromatic heterocycles. The molecule has 1 fully saturated rings. The first-order valence-electron chi connectivity index (χ1n) is 15.0. The van der Waals surface area contributed by atoms with Gasteiger partial charge in [0.05, 0.1) is 13.2 Å². The van der Waals surface area contributed by atoms with Crippen molar-refractivity contribution >= 4 is 54.0 Å².